The second kappa shape index (κ2) is 5.65. The van der Waals surface area contributed by atoms with Crippen LogP contribution in [-0.4, -0.2) is 49.6 Å². The minimum absolute atomic E-state index is 0.0162. The fourth-order valence-electron chi connectivity index (χ4n) is 1.61. The molecule has 0 aromatic heterocycles. The summed E-state index contributed by atoms with van der Waals surface area (Å²) in [7, 11) is 3.41. The van der Waals surface area contributed by atoms with E-state index >= 15 is 0 Å². The molecule has 1 rings (SSSR count). The average molecular weight is 226 g/mol. The number of rotatable bonds is 4. The highest BCUT2D eigenvalue weighted by atomic mass is 16.5. The van der Waals surface area contributed by atoms with Crippen molar-refractivity contribution in [3.05, 3.63) is 12.7 Å². The SMILES string of the molecule is C=CC(=O)NC[C@@H]1CC[C@@H](C(=O)N(C)C)O1. The van der Waals surface area contributed by atoms with Gasteiger partial charge >= 0.3 is 0 Å². The van der Waals surface area contributed by atoms with Crippen LogP contribution in [0.2, 0.25) is 0 Å². The van der Waals surface area contributed by atoms with Gasteiger partial charge in [-0.05, 0) is 18.9 Å². The first-order valence-corrected chi connectivity index (χ1v) is 5.31. The third kappa shape index (κ3) is 3.34. The number of hydrogen-bond donors (Lipinski definition) is 1. The normalized spacial score (nSPS) is 23.9. The molecule has 1 N–H and O–H groups in total. The maximum atomic E-state index is 11.6. The Hall–Kier alpha value is -1.36. The lowest BCUT2D eigenvalue weighted by atomic mass is 10.2. The molecule has 0 bridgehead atoms. The smallest absolute Gasteiger partial charge is 0.251 e. The van der Waals surface area contributed by atoms with Gasteiger partial charge in [0.15, 0.2) is 0 Å². The summed E-state index contributed by atoms with van der Waals surface area (Å²) in [5.74, 6) is -0.233. The first-order valence-electron chi connectivity index (χ1n) is 5.31. The minimum Gasteiger partial charge on any atom is -0.363 e. The van der Waals surface area contributed by atoms with Gasteiger partial charge in [-0.1, -0.05) is 6.58 Å². The highest BCUT2D eigenvalue weighted by Crippen LogP contribution is 2.20. The van der Waals surface area contributed by atoms with E-state index in [2.05, 4.69) is 11.9 Å². The van der Waals surface area contributed by atoms with E-state index in [0.717, 1.165) is 6.42 Å². The summed E-state index contributed by atoms with van der Waals surface area (Å²) in [6.07, 6.45) is 2.29. The number of likely N-dealkylation sites (N-methyl/N-ethyl adjacent to an activating group) is 1. The molecule has 90 valence electrons. The van der Waals surface area contributed by atoms with Gasteiger partial charge in [0.2, 0.25) is 5.91 Å². The van der Waals surface area contributed by atoms with Crippen molar-refractivity contribution in [1.29, 1.82) is 0 Å². The summed E-state index contributed by atoms with van der Waals surface area (Å²) in [6, 6.07) is 0. The van der Waals surface area contributed by atoms with Crippen molar-refractivity contribution in [3.63, 3.8) is 0 Å². The maximum Gasteiger partial charge on any atom is 0.251 e. The second-order valence-corrected chi connectivity index (χ2v) is 4.01. The second-order valence-electron chi connectivity index (χ2n) is 4.01. The van der Waals surface area contributed by atoms with Crippen molar-refractivity contribution in [3.8, 4) is 0 Å². The lowest BCUT2D eigenvalue weighted by Gasteiger charge is -2.17. The van der Waals surface area contributed by atoms with Crippen molar-refractivity contribution in [2.24, 2.45) is 0 Å². The molecule has 5 heteroatoms. The molecule has 2 amide bonds. The molecule has 1 aliphatic heterocycles. The van der Waals surface area contributed by atoms with Crippen LogP contribution < -0.4 is 5.32 Å². The zero-order valence-corrected chi connectivity index (χ0v) is 9.73. The average Bonchev–Trinajstić information content (AvgIpc) is 2.73. The third-order valence-corrected chi connectivity index (χ3v) is 2.51. The van der Waals surface area contributed by atoms with Crippen LogP contribution in [0.25, 0.3) is 0 Å². The van der Waals surface area contributed by atoms with Crippen LogP contribution in [0, 0.1) is 0 Å². The molecule has 0 aromatic rings. The quantitative estimate of drug-likeness (QED) is 0.682. The molecule has 1 fully saturated rings. The number of carbonyl (C=O) groups excluding carboxylic acids is 2. The molecule has 0 radical (unpaired) electrons. The molecular formula is C11H18N2O3. The zero-order valence-electron chi connectivity index (χ0n) is 9.73. The molecule has 0 aliphatic carbocycles. The van der Waals surface area contributed by atoms with E-state index in [1.165, 1.54) is 11.0 Å². The van der Waals surface area contributed by atoms with Crippen molar-refractivity contribution in [2.45, 2.75) is 25.0 Å². The molecule has 0 spiro atoms. The molecular weight excluding hydrogens is 208 g/mol. The van der Waals surface area contributed by atoms with Gasteiger partial charge in [0.05, 0.1) is 6.10 Å². The van der Waals surface area contributed by atoms with Gasteiger partial charge in [-0.3, -0.25) is 9.59 Å². The maximum absolute atomic E-state index is 11.6. The fourth-order valence-corrected chi connectivity index (χ4v) is 1.61. The highest BCUT2D eigenvalue weighted by Gasteiger charge is 2.31. The van der Waals surface area contributed by atoms with Crippen LogP contribution >= 0.6 is 0 Å². The third-order valence-electron chi connectivity index (χ3n) is 2.51. The monoisotopic (exact) mass is 226 g/mol. The number of carbonyl (C=O) groups is 2. The van der Waals surface area contributed by atoms with E-state index < -0.39 is 0 Å². The van der Waals surface area contributed by atoms with Crippen molar-refractivity contribution < 1.29 is 14.3 Å². The Kier molecular flexibility index (Phi) is 4.49. The molecule has 1 aliphatic rings. The number of nitrogens with zero attached hydrogens (tertiary/aromatic N) is 1. The lowest BCUT2D eigenvalue weighted by Crippen LogP contribution is -2.36. The Bertz CT molecular complexity index is 289. The van der Waals surface area contributed by atoms with E-state index in [1.807, 2.05) is 0 Å². The number of hydrogen-bond acceptors (Lipinski definition) is 3. The molecule has 1 heterocycles. The van der Waals surface area contributed by atoms with Gasteiger partial charge in [0.25, 0.3) is 5.91 Å². The van der Waals surface area contributed by atoms with E-state index in [9.17, 15) is 9.59 Å². The minimum atomic E-state index is -0.361. The summed E-state index contributed by atoms with van der Waals surface area (Å²) in [5.41, 5.74) is 0. The van der Waals surface area contributed by atoms with Crippen LogP contribution in [0.1, 0.15) is 12.8 Å². The Balaban J connectivity index is 2.32. The van der Waals surface area contributed by atoms with E-state index in [4.69, 9.17) is 4.74 Å². The topological polar surface area (TPSA) is 58.6 Å². The molecule has 5 nitrogen and oxygen atoms in total. The summed E-state index contributed by atoms with van der Waals surface area (Å²) in [5, 5.41) is 2.66. The number of amides is 2. The van der Waals surface area contributed by atoms with E-state index in [0.29, 0.717) is 13.0 Å². The highest BCUT2D eigenvalue weighted by molar-refractivity contribution is 5.86. The first kappa shape index (κ1) is 12.7. The Morgan fingerprint density at radius 1 is 1.50 bits per heavy atom. The lowest BCUT2D eigenvalue weighted by molar-refractivity contribution is -0.140. The Morgan fingerprint density at radius 2 is 2.19 bits per heavy atom. The Labute approximate surface area is 95.4 Å². The molecule has 1 saturated heterocycles. The van der Waals surface area contributed by atoms with Crippen molar-refractivity contribution >= 4 is 11.8 Å². The van der Waals surface area contributed by atoms with Crippen LogP contribution in [0.15, 0.2) is 12.7 Å². The fraction of sp³-hybridized carbons (Fsp3) is 0.636. The van der Waals surface area contributed by atoms with Crippen LogP contribution in [-0.2, 0) is 14.3 Å². The van der Waals surface area contributed by atoms with Gasteiger partial charge in [-0.25, -0.2) is 0 Å². The number of nitrogens with one attached hydrogen (secondary N) is 1. The molecule has 0 aromatic carbocycles. The predicted molar refractivity (Wildman–Crippen MR) is 59.8 cm³/mol. The standard InChI is InChI=1S/C11H18N2O3/c1-4-10(14)12-7-8-5-6-9(16-8)11(15)13(2)3/h4,8-9H,1,5-7H2,2-3H3,(H,12,14)/t8-,9-/m0/s1. The first-order chi connectivity index (χ1) is 7.54. The Morgan fingerprint density at radius 3 is 2.75 bits per heavy atom. The molecule has 16 heavy (non-hydrogen) atoms. The van der Waals surface area contributed by atoms with E-state index in [-0.39, 0.29) is 24.0 Å². The molecule has 0 unspecified atom stereocenters. The summed E-state index contributed by atoms with van der Waals surface area (Å²) in [4.78, 5) is 24.0. The van der Waals surface area contributed by atoms with Gasteiger partial charge in [-0.15, -0.1) is 0 Å². The van der Waals surface area contributed by atoms with Gasteiger partial charge in [0.1, 0.15) is 6.10 Å². The number of ether oxygens (including phenoxy) is 1. The van der Waals surface area contributed by atoms with Crippen molar-refractivity contribution in [2.75, 3.05) is 20.6 Å². The van der Waals surface area contributed by atoms with E-state index in [1.54, 1.807) is 14.1 Å². The van der Waals surface area contributed by atoms with Crippen LogP contribution in [0.3, 0.4) is 0 Å². The summed E-state index contributed by atoms with van der Waals surface area (Å²) in [6.45, 7) is 3.79. The summed E-state index contributed by atoms with van der Waals surface area (Å²) < 4.78 is 5.54. The molecule has 2 atom stereocenters. The predicted octanol–water partition coefficient (Wildman–Crippen LogP) is -0.0756. The van der Waals surface area contributed by atoms with Crippen LogP contribution in [0.4, 0.5) is 0 Å². The van der Waals surface area contributed by atoms with Gasteiger partial charge in [-0.2, -0.15) is 0 Å². The van der Waals surface area contributed by atoms with Crippen LogP contribution in [0.5, 0.6) is 0 Å². The van der Waals surface area contributed by atoms with Gasteiger partial charge < -0.3 is 15.0 Å². The zero-order chi connectivity index (χ0) is 12.1. The largest absolute Gasteiger partial charge is 0.363 e. The van der Waals surface area contributed by atoms with Gasteiger partial charge in [0, 0.05) is 20.6 Å². The summed E-state index contributed by atoms with van der Waals surface area (Å²) >= 11 is 0. The van der Waals surface area contributed by atoms with Crippen molar-refractivity contribution in [1.82, 2.24) is 10.2 Å². The molecule has 0 saturated carbocycles.